The van der Waals surface area contributed by atoms with Gasteiger partial charge in [-0.3, -0.25) is 14.3 Å². The van der Waals surface area contributed by atoms with E-state index < -0.39 is 12.0 Å². The zero-order valence-corrected chi connectivity index (χ0v) is 23.5. The van der Waals surface area contributed by atoms with Crippen LogP contribution in [0.2, 0.25) is 0 Å². The number of amides is 2. The molecule has 5 rings (SSSR count). The summed E-state index contributed by atoms with van der Waals surface area (Å²) in [5, 5.41) is 15.1. The van der Waals surface area contributed by atoms with Gasteiger partial charge in [0.2, 0.25) is 11.8 Å². The number of nitrogens with zero attached hydrogens (tertiary/aromatic N) is 6. The molecule has 3 aromatic heterocycles. The van der Waals surface area contributed by atoms with E-state index >= 15 is 0 Å². The number of nitrogens with one attached hydrogen (secondary N) is 2. The van der Waals surface area contributed by atoms with E-state index in [0.717, 1.165) is 17.8 Å². The molecule has 2 N–H and O–H groups in total. The van der Waals surface area contributed by atoms with E-state index in [-0.39, 0.29) is 55.3 Å². The smallest absolute Gasteiger partial charge is 0.270 e. The van der Waals surface area contributed by atoms with Crippen molar-refractivity contribution < 1.29 is 18.4 Å². The quantitative estimate of drug-likeness (QED) is 0.432. The minimum atomic E-state index is -2.70. The summed E-state index contributed by atoms with van der Waals surface area (Å²) in [6.45, 7) is 9.28. The van der Waals surface area contributed by atoms with Crippen molar-refractivity contribution in [2.75, 3.05) is 6.54 Å². The van der Waals surface area contributed by atoms with Crippen molar-refractivity contribution in [2.24, 2.45) is 17.8 Å². The van der Waals surface area contributed by atoms with Gasteiger partial charge in [-0.05, 0) is 50.0 Å². The molecule has 0 spiro atoms. The van der Waals surface area contributed by atoms with Crippen LogP contribution >= 0.6 is 0 Å². The van der Waals surface area contributed by atoms with Crippen molar-refractivity contribution in [1.29, 1.82) is 0 Å². The number of aromatic nitrogens is 6. The van der Waals surface area contributed by atoms with E-state index in [9.17, 15) is 18.4 Å². The van der Waals surface area contributed by atoms with E-state index in [1.54, 1.807) is 27.7 Å². The lowest BCUT2D eigenvalue weighted by Crippen LogP contribution is -2.41. The van der Waals surface area contributed by atoms with Crippen LogP contribution in [-0.4, -0.2) is 53.6 Å². The molecule has 216 valence electrons. The molecule has 0 bridgehead atoms. The van der Waals surface area contributed by atoms with E-state index in [1.807, 2.05) is 20.8 Å². The summed E-state index contributed by atoms with van der Waals surface area (Å²) >= 11 is 0. The normalized spacial score (nSPS) is 22.4. The molecule has 3 aromatic rings. The summed E-state index contributed by atoms with van der Waals surface area (Å²) in [5.41, 5.74) is 2.45. The first kappa shape index (κ1) is 28.1. The summed E-state index contributed by atoms with van der Waals surface area (Å²) in [6.07, 6.45) is 4.61. The molecular formula is C28H38F2N8O2. The zero-order valence-electron chi connectivity index (χ0n) is 23.5. The molecule has 1 aliphatic carbocycles. The Labute approximate surface area is 232 Å². The van der Waals surface area contributed by atoms with Crippen molar-refractivity contribution in [3.8, 4) is 0 Å². The third-order valence-corrected chi connectivity index (χ3v) is 8.19. The van der Waals surface area contributed by atoms with Crippen molar-refractivity contribution >= 4 is 17.6 Å². The third-order valence-electron chi connectivity index (χ3n) is 8.19. The second kappa shape index (κ2) is 11.2. The van der Waals surface area contributed by atoms with E-state index in [4.69, 9.17) is 15.1 Å². The Morgan fingerprint density at radius 1 is 1.25 bits per heavy atom. The number of fused-ring (bicyclic) bond motifs is 1. The molecule has 1 aliphatic heterocycles. The minimum absolute atomic E-state index is 0.0317. The van der Waals surface area contributed by atoms with Crippen molar-refractivity contribution in [1.82, 2.24) is 40.0 Å². The van der Waals surface area contributed by atoms with E-state index in [0.29, 0.717) is 42.6 Å². The summed E-state index contributed by atoms with van der Waals surface area (Å²) in [4.78, 5) is 35.4. The standard InChI is InChI=1S/C28H38F2N8O2/c1-5-37-22(8-11-32-37)26(40)34-24(18-6-9-28(29,30)10-7-18)21-15-38-27(33-21)35-23(16(2)3)20(36-38)13-19-12-17(4)14-31-25(19)39/h8,11,15-19,24H,5-7,9-10,12-14H2,1-4H3,(H,31,39)(H,34,40)/t17-,19-,24-/m0/s1. The Morgan fingerprint density at radius 3 is 2.70 bits per heavy atom. The van der Waals surface area contributed by atoms with Crippen LogP contribution in [-0.2, 0) is 17.8 Å². The van der Waals surface area contributed by atoms with Gasteiger partial charge in [0.05, 0.1) is 29.3 Å². The molecule has 2 fully saturated rings. The highest BCUT2D eigenvalue weighted by Gasteiger charge is 2.40. The first-order valence-electron chi connectivity index (χ1n) is 14.3. The number of carbonyl (C=O) groups excluding carboxylic acids is 2. The number of hydrogen-bond acceptors (Lipinski definition) is 6. The summed E-state index contributed by atoms with van der Waals surface area (Å²) in [5.74, 6) is -2.58. The van der Waals surface area contributed by atoms with Crippen LogP contribution in [0, 0.1) is 17.8 Å². The van der Waals surface area contributed by atoms with Crippen molar-refractivity contribution in [2.45, 2.75) is 90.6 Å². The first-order chi connectivity index (χ1) is 19.0. The second-order valence-electron chi connectivity index (χ2n) is 11.7. The molecule has 2 aliphatic rings. The van der Waals surface area contributed by atoms with Gasteiger partial charge in [0, 0.05) is 44.5 Å². The van der Waals surface area contributed by atoms with E-state index in [1.165, 1.54) is 0 Å². The van der Waals surface area contributed by atoms with Gasteiger partial charge in [-0.15, -0.1) is 0 Å². The molecule has 1 saturated carbocycles. The lowest BCUT2D eigenvalue weighted by atomic mass is 9.81. The molecule has 0 radical (unpaired) electrons. The first-order valence-corrected chi connectivity index (χ1v) is 14.3. The Bertz CT molecular complexity index is 1370. The fourth-order valence-corrected chi connectivity index (χ4v) is 5.97. The Balaban J connectivity index is 1.49. The highest BCUT2D eigenvalue weighted by atomic mass is 19.3. The van der Waals surface area contributed by atoms with Gasteiger partial charge < -0.3 is 10.6 Å². The summed E-state index contributed by atoms with van der Waals surface area (Å²) in [6, 6.07) is 1.05. The number of aryl methyl sites for hydroxylation is 1. The van der Waals surface area contributed by atoms with Gasteiger partial charge in [-0.1, -0.05) is 20.8 Å². The molecule has 0 unspecified atom stereocenters. The van der Waals surface area contributed by atoms with E-state index in [2.05, 4.69) is 22.7 Å². The number of piperidine rings is 1. The average Bonchev–Trinajstić information content (AvgIpc) is 3.55. The molecule has 0 aromatic carbocycles. The van der Waals surface area contributed by atoms with Crippen LogP contribution < -0.4 is 10.6 Å². The number of alkyl halides is 2. The van der Waals surface area contributed by atoms with Gasteiger partial charge in [-0.25, -0.2) is 23.3 Å². The lowest BCUT2D eigenvalue weighted by Gasteiger charge is -2.33. The molecule has 12 heteroatoms. The maximum Gasteiger partial charge on any atom is 0.270 e. The van der Waals surface area contributed by atoms with Gasteiger partial charge >= 0.3 is 0 Å². The van der Waals surface area contributed by atoms with Crippen LogP contribution in [0.5, 0.6) is 0 Å². The monoisotopic (exact) mass is 556 g/mol. The fourth-order valence-electron chi connectivity index (χ4n) is 5.97. The predicted octanol–water partition coefficient (Wildman–Crippen LogP) is 4.08. The highest BCUT2D eigenvalue weighted by molar-refractivity contribution is 5.92. The van der Waals surface area contributed by atoms with Crippen molar-refractivity contribution in [3.05, 3.63) is 41.2 Å². The van der Waals surface area contributed by atoms with Crippen LogP contribution in [0.1, 0.15) is 99.3 Å². The van der Waals surface area contributed by atoms with Crippen LogP contribution in [0.25, 0.3) is 5.78 Å². The van der Waals surface area contributed by atoms with Crippen LogP contribution in [0.3, 0.4) is 0 Å². The SMILES string of the molecule is CCn1nccc1C(=O)N[C@H](c1cn2nc(C[C@@H]3C[C@H](C)CNC3=O)c(C(C)C)nc2n1)C1CCC(F)(F)CC1. The highest BCUT2D eigenvalue weighted by Crippen LogP contribution is 2.41. The molecule has 3 atom stereocenters. The molecule has 4 heterocycles. The van der Waals surface area contributed by atoms with Crippen LogP contribution in [0.4, 0.5) is 8.78 Å². The van der Waals surface area contributed by atoms with Gasteiger partial charge in [0.1, 0.15) is 5.69 Å². The number of carbonyl (C=O) groups is 2. The predicted molar refractivity (Wildman–Crippen MR) is 144 cm³/mol. The molecule has 1 saturated heterocycles. The topological polar surface area (TPSA) is 119 Å². The van der Waals surface area contributed by atoms with Gasteiger partial charge in [0.15, 0.2) is 0 Å². The number of imidazole rings is 1. The third kappa shape index (κ3) is 5.85. The van der Waals surface area contributed by atoms with Gasteiger partial charge in [-0.2, -0.15) is 10.2 Å². The Morgan fingerprint density at radius 2 is 2.00 bits per heavy atom. The molecule has 10 nitrogen and oxygen atoms in total. The Hall–Kier alpha value is -3.44. The Kier molecular flexibility index (Phi) is 7.87. The maximum absolute atomic E-state index is 14.0. The maximum atomic E-state index is 14.0. The van der Waals surface area contributed by atoms with Crippen molar-refractivity contribution in [3.63, 3.8) is 0 Å². The number of rotatable bonds is 8. The average molecular weight is 557 g/mol. The molecular weight excluding hydrogens is 518 g/mol. The minimum Gasteiger partial charge on any atom is -0.356 e. The summed E-state index contributed by atoms with van der Waals surface area (Å²) < 4.78 is 31.3. The lowest BCUT2D eigenvalue weighted by molar-refractivity contribution is -0.127. The second-order valence-corrected chi connectivity index (χ2v) is 11.7. The largest absolute Gasteiger partial charge is 0.356 e. The molecule has 40 heavy (non-hydrogen) atoms. The zero-order chi connectivity index (χ0) is 28.6. The van der Waals surface area contributed by atoms with Gasteiger partial charge in [0.25, 0.3) is 11.7 Å². The fraction of sp³-hybridized carbons (Fsp3) is 0.643. The number of halogens is 2. The summed E-state index contributed by atoms with van der Waals surface area (Å²) in [7, 11) is 0. The molecule has 2 amide bonds. The number of hydrogen-bond donors (Lipinski definition) is 2. The van der Waals surface area contributed by atoms with Crippen LogP contribution in [0.15, 0.2) is 18.5 Å².